The summed E-state index contributed by atoms with van der Waals surface area (Å²) in [4.78, 5) is 21.7. The zero-order chi connectivity index (χ0) is 21.6. The highest BCUT2D eigenvalue weighted by Crippen LogP contribution is 2.17. The highest BCUT2D eigenvalue weighted by atomic mass is 32.2. The van der Waals surface area contributed by atoms with Crippen molar-refractivity contribution in [1.29, 1.82) is 0 Å². The molecule has 0 unspecified atom stereocenters. The average Bonchev–Trinajstić information content (AvgIpc) is 2.79. The number of hydroxylamine groups is 1. The number of hydrogen-bond acceptors (Lipinski definition) is 5. The SMILES string of the molecule is CON(C)S(=O)(=O)c1ccc(C(=O)N2CCN(C/C=C/c3ccccc3)CC2)cc1. The summed E-state index contributed by atoms with van der Waals surface area (Å²) in [6.07, 6.45) is 4.25. The number of nitrogens with zero attached hydrogens (tertiary/aromatic N) is 3. The Morgan fingerprint density at radius 2 is 1.67 bits per heavy atom. The van der Waals surface area contributed by atoms with Crippen molar-refractivity contribution in [2.75, 3.05) is 46.9 Å². The van der Waals surface area contributed by atoms with Gasteiger partial charge in [-0.25, -0.2) is 8.42 Å². The fourth-order valence-corrected chi connectivity index (χ4v) is 4.21. The number of carbonyl (C=O) groups is 1. The predicted molar refractivity (Wildman–Crippen MR) is 116 cm³/mol. The maximum absolute atomic E-state index is 12.8. The van der Waals surface area contributed by atoms with Gasteiger partial charge in [-0.3, -0.25) is 14.5 Å². The van der Waals surface area contributed by atoms with Crippen LogP contribution in [0.15, 0.2) is 65.6 Å². The van der Waals surface area contributed by atoms with E-state index in [1.807, 2.05) is 23.1 Å². The molecule has 1 heterocycles. The molecule has 0 atom stereocenters. The number of sulfonamides is 1. The fourth-order valence-electron chi connectivity index (χ4n) is 3.23. The van der Waals surface area contributed by atoms with Crippen molar-refractivity contribution in [3.05, 3.63) is 71.8 Å². The molecule has 0 radical (unpaired) electrons. The van der Waals surface area contributed by atoms with E-state index in [1.165, 1.54) is 31.9 Å². The van der Waals surface area contributed by atoms with E-state index in [0.29, 0.717) is 18.7 Å². The molecule has 0 aliphatic carbocycles. The normalized spacial score (nSPS) is 15.8. The van der Waals surface area contributed by atoms with Crippen molar-refractivity contribution in [2.24, 2.45) is 0 Å². The molecule has 1 amide bonds. The van der Waals surface area contributed by atoms with Crippen LogP contribution in [0.3, 0.4) is 0 Å². The monoisotopic (exact) mass is 429 g/mol. The summed E-state index contributed by atoms with van der Waals surface area (Å²) in [6, 6.07) is 16.1. The van der Waals surface area contributed by atoms with Crippen LogP contribution in [0.2, 0.25) is 0 Å². The van der Waals surface area contributed by atoms with Crippen molar-refractivity contribution in [1.82, 2.24) is 14.3 Å². The molecule has 160 valence electrons. The Kier molecular flexibility index (Phi) is 7.38. The number of piperazine rings is 1. The van der Waals surface area contributed by atoms with E-state index in [9.17, 15) is 13.2 Å². The van der Waals surface area contributed by atoms with Gasteiger partial charge in [0.15, 0.2) is 0 Å². The lowest BCUT2D eigenvalue weighted by Gasteiger charge is -2.34. The predicted octanol–water partition coefficient (Wildman–Crippen LogP) is 2.34. The van der Waals surface area contributed by atoms with Gasteiger partial charge in [0.05, 0.1) is 12.0 Å². The van der Waals surface area contributed by atoms with E-state index in [-0.39, 0.29) is 10.8 Å². The first-order valence-electron chi connectivity index (χ1n) is 9.78. The second-order valence-electron chi connectivity index (χ2n) is 7.03. The van der Waals surface area contributed by atoms with Crippen molar-refractivity contribution >= 4 is 22.0 Å². The first-order chi connectivity index (χ1) is 14.4. The molecule has 0 bridgehead atoms. The number of carbonyl (C=O) groups excluding carboxylic acids is 1. The molecular formula is C22H27N3O4S. The van der Waals surface area contributed by atoms with E-state index < -0.39 is 10.0 Å². The summed E-state index contributed by atoms with van der Waals surface area (Å²) >= 11 is 0. The Bertz CT molecular complexity index is 967. The van der Waals surface area contributed by atoms with Crippen LogP contribution in [0.25, 0.3) is 6.08 Å². The molecule has 7 nitrogen and oxygen atoms in total. The number of benzene rings is 2. The van der Waals surface area contributed by atoms with Crippen molar-refractivity contribution in [3.8, 4) is 0 Å². The number of rotatable bonds is 7. The average molecular weight is 430 g/mol. The van der Waals surface area contributed by atoms with Crippen molar-refractivity contribution < 1.29 is 18.0 Å². The van der Waals surface area contributed by atoms with Gasteiger partial charge in [-0.1, -0.05) is 47.0 Å². The van der Waals surface area contributed by atoms with Gasteiger partial charge in [-0.15, -0.1) is 0 Å². The minimum Gasteiger partial charge on any atom is -0.336 e. The Morgan fingerprint density at radius 3 is 2.27 bits per heavy atom. The van der Waals surface area contributed by atoms with Gasteiger partial charge in [-0.05, 0) is 29.8 Å². The summed E-state index contributed by atoms with van der Waals surface area (Å²) in [5, 5.41) is 0. The standard InChI is InChI=1S/C22H27N3O4S/c1-23(29-2)30(27,28)21-12-10-20(11-13-21)22(26)25-17-15-24(16-18-25)14-6-9-19-7-4-3-5-8-19/h3-13H,14-18H2,1-2H3/b9-6+. The topological polar surface area (TPSA) is 70.2 Å². The van der Waals surface area contributed by atoms with Crippen molar-refractivity contribution in [3.63, 3.8) is 0 Å². The molecule has 1 saturated heterocycles. The third-order valence-corrected chi connectivity index (χ3v) is 6.82. The Hall–Kier alpha value is -2.52. The number of amides is 1. The summed E-state index contributed by atoms with van der Waals surface area (Å²) in [7, 11) is -1.11. The summed E-state index contributed by atoms with van der Waals surface area (Å²) < 4.78 is 25.3. The third-order valence-electron chi connectivity index (χ3n) is 5.13. The Labute approximate surface area is 178 Å². The quantitative estimate of drug-likeness (QED) is 0.632. The first kappa shape index (κ1) is 22.2. The van der Waals surface area contributed by atoms with Crippen LogP contribution < -0.4 is 0 Å². The molecule has 0 saturated carbocycles. The minimum absolute atomic E-state index is 0.0819. The molecule has 0 aromatic heterocycles. The molecular weight excluding hydrogens is 402 g/mol. The molecule has 1 aliphatic rings. The Balaban J connectivity index is 1.53. The second-order valence-corrected chi connectivity index (χ2v) is 8.96. The van der Waals surface area contributed by atoms with Gasteiger partial charge in [0, 0.05) is 45.3 Å². The lowest BCUT2D eigenvalue weighted by molar-refractivity contribution is -0.0258. The molecule has 1 fully saturated rings. The fraction of sp³-hybridized carbons (Fsp3) is 0.318. The molecule has 8 heteroatoms. The highest BCUT2D eigenvalue weighted by molar-refractivity contribution is 7.89. The molecule has 0 spiro atoms. The number of hydrogen-bond donors (Lipinski definition) is 0. The maximum atomic E-state index is 12.8. The van der Waals surface area contributed by atoms with E-state index in [4.69, 9.17) is 4.84 Å². The van der Waals surface area contributed by atoms with Crippen LogP contribution in [0.1, 0.15) is 15.9 Å². The molecule has 1 aliphatic heterocycles. The molecule has 0 N–H and O–H groups in total. The van der Waals surface area contributed by atoms with Crippen LogP contribution >= 0.6 is 0 Å². The lowest BCUT2D eigenvalue weighted by atomic mass is 10.2. The lowest BCUT2D eigenvalue weighted by Crippen LogP contribution is -2.48. The highest BCUT2D eigenvalue weighted by Gasteiger charge is 2.24. The van der Waals surface area contributed by atoms with E-state index >= 15 is 0 Å². The van der Waals surface area contributed by atoms with Gasteiger partial charge < -0.3 is 4.90 Å². The van der Waals surface area contributed by atoms with Gasteiger partial charge in [-0.2, -0.15) is 0 Å². The molecule has 30 heavy (non-hydrogen) atoms. The van der Waals surface area contributed by atoms with E-state index in [0.717, 1.165) is 24.1 Å². The van der Waals surface area contributed by atoms with E-state index in [2.05, 4.69) is 29.2 Å². The van der Waals surface area contributed by atoms with Crippen LogP contribution in [-0.4, -0.2) is 75.5 Å². The van der Waals surface area contributed by atoms with Gasteiger partial charge in [0.25, 0.3) is 15.9 Å². The van der Waals surface area contributed by atoms with Crippen LogP contribution in [0, 0.1) is 0 Å². The largest absolute Gasteiger partial charge is 0.336 e. The minimum atomic E-state index is -3.72. The van der Waals surface area contributed by atoms with Crippen LogP contribution in [0.4, 0.5) is 0 Å². The van der Waals surface area contributed by atoms with Gasteiger partial charge in [0.1, 0.15) is 0 Å². The Morgan fingerprint density at radius 1 is 1.03 bits per heavy atom. The smallest absolute Gasteiger partial charge is 0.264 e. The molecule has 2 aromatic carbocycles. The van der Waals surface area contributed by atoms with Crippen LogP contribution in [-0.2, 0) is 14.9 Å². The van der Waals surface area contributed by atoms with Crippen molar-refractivity contribution in [2.45, 2.75) is 4.90 Å². The summed E-state index contributed by atoms with van der Waals surface area (Å²) in [6.45, 7) is 3.73. The van der Waals surface area contributed by atoms with Gasteiger partial charge >= 0.3 is 0 Å². The first-order valence-corrected chi connectivity index (χ1v) is 11.2. The zero-order valence-electron chi connectivity index (χ0n) is 17.3. The van der Waals surface area contributed by atoms with E-state index in [1.54, 1.807) is 12.1 Å². The third kappa shape index (κ3) is 5.34. The molecule has 3 rings (SSSR count). The zero-order valence-corrected chi connectivity index (χ0v) is 18.1. The van der Waals surface area contributed by atoms with Gasteiger partial charge in [0.2, 0.25) is 0 Å². The molecule has 2 aromatic rings. The second kappa shape index (κ2) is 9.99. The maximum Gasteiger partial charge on any atom is 0.264 e. The van der Waals surface area contributed by atoms with Crippen LogP contribution in [0.5, 0.6) is 0 Å². The summed E-state index contributed by atoms with van der Waals surface area (Å²) in [5.41, 5.74) is 1.65. The summed E-state index contributed by atoms with van der Waals surface area (Å²) in [5.74, 6) is -0.0847.